The predicted octanol–water partition coefficient (Wildman–Crippen LogP) is 5.11. The predicted molar refractivity (Wildman–Crippen MR) is 111 cm³/mol. The van der Waals surface area contributed by atoms with Crippen molar-refractivity contribution in [1.82, 2.24) is 14.2 Å². The Bertz CT molecular complexity index is 942. The van der Waals surface area contributed by atoms with Gasteiger partial charge in [-0.3, -0.25) is 4.99 Å². The highest BCUT2D eigenvalue weighted by Crippen LogP contribution is 2.38. The second-order valence-corrected chi connectivity index (χ2v) is 7.21. The van der Waals surface area contributed by atoms with Crippen molar-refractivity contribution < 1.29 is 12.5 Å². The third-order valence-corrected chi connectivity index (χ3v) is 5.20. The van der Waals surface area contributed by atoms with E-state index in [0.29, 0.717) is 5.57 Å². The van der Waals surface area contributed by atoms with E-state index in [1.54, 1.807) is 6.08 Å². The van der Waals surface area contributed by atoms with Gasteiger partial charge in [0, 0.05) is 18.7 Å². The van der Waals surface area contributed by atoms with Crippen molar-refractivity contribution in [2.24, 2.45) is 4.99 Å². The Hall–Kier alpha value is -2.17. The molecular formula is C18H19F2N5OS2. The lowest BCUT2D eigenvalue weighted by Gasteiger charge is -2.16. The van der Waals surface area contributed by atoms with Crippen molar-refractivity contribution in [3.05, 3.63) is 47.6 Å². The Kier molecular flexibility index (Phi) is 6.87. The summed E-state index contributed by atoms with van der Waals surface area (Å²) in [6.07, 6.45) is 5.71. The van der Waals surface area contributed by atoms with Gasteiger partial charge in [-0.15, -0.1) is 13.1 Å². The average Bonchev–Trinajstić information content (AvgIpc) is 3.33. The lowest BCUT2D eigenvalue weighted by molar-refractivity contribution is 0.486. The lowest BCUT2D eigenvalue weighted by Crippen LogP contribution is -2.05. The first-order valence-corrected chi connectivity index (χ1v) is 9.88. The van der Waals surface area contributed by atoms with Crippen molar-refractivity contribution in [2.75, 3.05) is 19.5 Å². The number of benzene rings is 1. The number of aliphatic imine (C=N–C) groups is 1. The highest BCUT2D eigenvalue weighted by molar-refractivity contribution is 7.94. The van der Waals surface area contributed by atoms with Crippen LogP contribution in [0.5, 0.6) is 0 Å². The van der Waals surface area contributed by atoms with Gasteiger partial charge in [0.25, 0.3) is 0 Å². The molecule has 0 amide bonds. The molecule has 0 atom stereocenters. The average molecular weight is 424 g/mol. The van der Waals surface area contributed by atoms with Gasteiger partial charge in [-0.2, -0.15) is 9.37 Å². The molecule has 1 aliphatic carbocycles. The molecule has 3 rings (SSSR count). The molecule has 0 radical (unpaired) electrons. The number of fused-ring (bicyclic) bond motifs is 1. The molecule has 0 spiro atoms. The van der Waals surface area contributed by atoms with Crippen molar-refractivity contribution >= 4 is 47.6 Å². The van der Waals surface area contributed by atoms with Crippen LogP contribution in [0.1, 0.15) is 23.1 Å². The van der Waals surface area contributed by atoms with Crippen LogP contribution in [-0.4, -0.2) is 34.3 Å². The number of rotatable bonds is 8. The molecule has 148 valence electrons. The smallest absolute Gasteiger partial charge is 0.240 e. The number of nitrogens with zero attached hydrogens (tertiary/aromatic N) is 4. The molecule has 0 bridgehead atoms. The number of nitrogens with one attached hydrogen (secondary N) is 1. The van der Waals surface area contributed by atoms with Gasteiger partial charge < -0.3 is 9.50 Å². The first-order chi connectivity index (χ1) is 13.6. The van der Waals surface area contributed by atoms with Crippen LogP contribution in [0.4, 0.5) is 19.9 Å². The monoisotopic (exact) mass is 423 g/mol. The van der Waals surface area contributed by atoms with Gasteiger partial charge in [-0.1, -0.05) is 24.8 Å². The van der Waals surface area contributed by atoms with Crippen LogP contribution in [0.2, 0.25) is 0 Å². The molecule has 0 saturated heterocycles. The first kappa shape index (κ1) is 20.6. The van der Waals surface area contributed by atoms with Gasteiger partial charge in [0.2, 0.25) is 17.1 Å². The fraction of sp³-hybridized carbons (Fsp3) is 0.278. The number of hydrogen-bond donors (Lipinski definition) is 1. The van der Waals surface area contributed by atoms with Crippen LogP contribution in [-0.2, 0) is 17.0 Å². The Morgan fingerprint density at radius 3 is 2.93 bits per heavy atom. The van der Waals surface area contributed by atoms with E-state index in [-0.39, 0.29) is 23.4 Å². The highest BCUT2D eigenvalue weighted by atomic mass is 32.2. The minimum Gasteiger partial charge on any atom is -0.323 e. The summed E-state index contributed by atoms with van der Waals surface area (Å²) in [7, 11) is 2.86. The molecule has 28 heavy (non-hydrogen) atoms. The van der Waals surface area contributed by atoms with Gasteiger partial charge >= 0.3 is 0 Å². The Morgan fingerprint density at radius 2 is 2.25 bits per heavy atom. The van der Waals surface area contributed by atoms with Crippen molar-refractivity contribution in [3.63, 3.8) is 0 Å². The zero-order chi connectivity index (χ0) is 20.1. The van der Waals surface area contributed by atoms with Gasteiger partial charge in [0.1, 0.15) is 0 Å². The molecule has 0 unspecified atom stereocenters. The quantitative estimate of drug-likeness (QED) is 0.362. The lowest BCUT2D eigenvalue weighted by atomic mass is 9.97. The summed E-state index contributed by atoms with van der Waals surface area (Å²) in [6, 6.07) is 3.93. The van der Waals surface area contributed by atoms with E-state index in [0.717, 1.165) is 52.2 Å². The van der Waals surface area contributed by atoms with Crippen LogP contribution in [0, 0.1) is 0 Å². The molecule has 10 heteroatoms. The number of allylic oxidation sites excluding steroid dienone is 3. The number of anilines is 2. The van der Waals surface area contributed by atoms with E-state index in [9.17, 15) is 8.28 Å². The minimum absolute atomic E-state index is 0.0733. The molecule has 1 aromatic carbocycles. The first-order valence-electron chi connectivity index (χ1n) is 8.46. The van der Waals surface area contributed by atoms with Gasteiger partial charge in [0.15, 0.2) is 12.3 Å². The normalized spacial score (nSPS) is 14.3. The summed E-state index contributed by atoms with van der Waals surface area (Å²) >= 11 is 0.859. The SMILES string of the molecule is C=C/C(=C\C(F)=NC)c1ccc2c(c1Nc1nc(SOC)nn1SF)CCC2. The van der Waals surface area contributed by atoms with E-state index in [1.807, 2.05) is 12.1 Å². The maximum atomic E-state index is 13.8. The van der Waals surface area contributed by atoms with E-state index in [1.165, 1.54) is 25.8 Å². The number of halogens is 2. The van der Waals surface area contributed by atoms with Crippen LogP contribution in [0.25, 0.3) is 5.57 Å². The van der Waals surface area contributed by atoms with Crippen LogP contribution < -0.4 is 5.32 Å². The second kappa shape index (κ2) is 9.35. The molecule has 1 aliphatic rings. The third kappa shape index (κ3) is 4.29. The van der Waals surface area contributed by atoms with Gasteiger partial charge in [-0.25, -0.2) is 0 Å². The Balaban J connectivity index is 2.11. The summed E-state index contributed by atoms with van der Waals surface area (Å²) in [6.45, 7) is 3.79. The molecule has 1 N–H and O–H groups in total. The zero-order valence-electron chi connectivity index (χ0n) is 15.4. The maximum Gasteiger partial charge on any atom is 0.240 e. The number of hydrogen-bond acceptors (Lipinski definition) is 7. The van der Waals surface area contributed by atoms with Gasteiger partial charge in [-0.05, 0) is 36.0 Å². The van der Waals surface area contributed by atoms with E-state index in [4.69, 9.17) is 4.18 Å². The molecule has 1 heterocycles. The summed E-state index contributed by atoms with van der Waals surface area (Å²) in [4.78, 5) is 7.82. The van der Waals surface area contributed by atoms with Crippen molar-refractivity contribution in [1.29, 1.82) is 0 Å². The number of aromatic nitrogens is 3. The minimum atomic E-state index is -0.609. The topological polar surface area (TPSA) is 64.3 Å². The van der Waals surface area contributed by atoms with E-state index >= 15 is 0 Å². The number of aryl methyl sites for hydroxylation is 1. The standard InChI is InChI=1S/C18H19F2N5OS2/c1-4-11(10-15(19)21-2)14-9-8-12-6-5-7-13(12)16(14)22-17-23-18(27-26-3)24-25(17)28-20/h4,8-10H,1,5-7H2,2-3H3,(H,22,23,24)/b11-10+,21-15?. The molecule has 0 saturated carbocycles. The zero-order valence-corrected chi connectivity index (χ0v) is 17.0. The molecule has 0 aliphatic heterocycles. The maximum absolute atomic E-state index is 13.8. The third-order valence-electron chi connectivity index (χ3n) is 4.32. The van der Waals surface area contributed by atoms with Crippen LogP contribution >= 0.6 is 24.4 Å². The molecular weight excluding hydrogens is 404 g/mol. The summed E-state index contributed by atoms with van der Waals surface area (Å²) in [5.74, 6) is -0.399. The Morgan fingerprint density at radius 1 is 1.43 bits per heavy atom. The molecule has 1 aromatic heterocycles. The molecule has 0 fully saturated rings. The Labute approximate surface area is 170 Å². The van der Waals surface area contributed by atoms with E-state index in [2.05, 4.69) is 27.0 Å². The fourth-order valence-corrected chi connectivity index (χ4v) is 3.82. The van der Waals surface area contributed by atoms with E-state index < -0.39 is 5.97 Å². The van der Waals surface area contributed by atoms with Crippen molar-refractivity contribution in [2.45, 2.75) is 24.4 Å². The van der Waals surface area contributed by atoms with Crippen LogP contribution in [0.3, 0.4) is 0 Å². The highest BCUT2D eigenvalue weighted by Gasteiger charge is 2.22. The van der Waals surface area contributed by atoms with Crippen molar-refractivity contribution in [3.8, 4) is 0 Å². The summed E-state index contributed by atoms with van der Waals surface area (Å²) in [5, 5.41) is 7.48. The second-order valence-electron chi connectivity index (χ2n) is 5.86. The largest absolute Gasteiger partial charge is 0.323 e. The summed E-state index contributed by atoms with van der Waals surface area (Å²) < 4.78 is 33.1. The fourth-order valence-electron chi connectivity index (χ4n) is 3.12. The van der Waals surface area contributed by atoms with Crippen LogP contribution in [0.15, 0.2) is 41.0 Å². The molecule has 2 aromatic rings. The summed E-state index contributed by atoms with van der Waals surface area (Å²) in [5.41, 5.74) is 4.32. The van der Waals surface area contributed by atoms with Gasteiger partial charge in [0.05, 0.1) is 24.8 Å². The molecule has 6 nitrogen and oxygen atoms in total.